The summed E-state index contributed by atoms with van der Waals surface area (Å²) in [6.45, 7) is 1.91. The summed E-state index contributed by atoms with van der Waals surface area (Å²) in [5.74, 6) is -1.67. The van der Waals surface area contributed by atoms with Gasteiger partial charge in [0.25, 0.3) is 5.91 Å². The molecule has 2 rings (SSSR count). The van der Waals surface area contributed by atoms with Crippen LogP contribution in [-0.4, -0.2) is 29.4 Å². The van der Waals surface area contributed by atoms with Crippen molar-refractivity contribution in [3.8, 4) is 0 Å². The minimum absolute atomic E-state index is 0.174. The topological polar surface area (TPSA) is 95.5 Å². The van der Waals surface area contributed by atoms with Crippen LogP contribution in [-0.2, 0) is 16.0 Å². The molecular weight excluding hydrogens is 340 g/mol. The molecule has 1 aromatic carbocycles. The number of anilines is 1. The van der Waals surface area contributed by atoms with Crippen LogP contribution in [0.2, 0.25) is 0 Å². The van der Waals surface area contributed by atoms with Crippen molar-refractivity contribution in [3.05, 3.63) is 52.2 Å². The monoisotopic (exact) mass is 360 g/mol. The number of hydrogen-bond acceptors (Lipinski definition) is 4. The molecule has 1 heterocycles. The minimum atomic E-state index is -0.832. The second-order valence-electron chi connectivity index (χ2n) is 5.71. The molecule has 0 radical (unpaired) electrons. The lowest BCUT2D eigenvalue weighted by Gasteiger charge is -2.09. The maximum atomic E-state index is 11.9. The highest BCUT2D eigenvalue weighted by molar-refractivity contribution is 7.08. The Morgan fingerprint density at radius 2 is 1.88 bits per heavy atom. The van der Waals surface area contributed by atoms with Gasteiger partial charge in [0, 0.05) is 29.6 Å². The minimum Gasteiger partial charge on any atom is -0.481 e. The molecule has 3 N–H and O–H groups in total. The first kappa shape index (κ1) is 18.7. The second kappa shape index (κ2) is 8.98. The van der Waals surface area contributed by atoms with Gasteiger partial charge in [-0.05, 0) is 35.6 Å². The Bertz CT molecular complexity index is 726. The van der Waals surface area contributed by atoms with E-state index in [1.54, 1.807) is 42.6 Å². The third-order valence-electron chi connectivity index (χ3n) is 3.62. The number of amides is 2. The molecule has 2 amide bonds. The fourth-order valence-electron chi connectivity index (χ4n) is 2.17. The number of thiophene rings is 1. The van der Waals surface area contributed by atoms with E-state index in [2.05, 4.69) is 10.6 Å². The van der Waals surface area contributed by atoms with E-state index in [1.165, 1.54) is 11.3 Å². The van der Waals surface area contributed by atoms with E-state index < -0.39 is 11.9 Å². The van der Waals surface area contributed by atoms with Crippen molar-refractivity contribution in [1.82, 2.24) is 5.32 Å². The lowest BCUT2D eigenvalue weighted by Crippen LogP contribution is -2.27. The Morgan fingerprint density at radius 3 is 2.48 bits per heavy atom. The van der Waals surface area contributed by atoms with Crippen LogP contribution < -0.4 is 10.6 Å². The summed E-state index contributed by atoms with van der Waals surface area (Å²) in [6.07, 6.45) is 0.617. The first-order chi connectivity index (χ1) is 12.0. The van der Waals surface area contributed by atoms with Crippen molar-refractivity contribution in [2.45, 2.75) is 19.8 Å². The van der Waals surface area contributed by atoms with Gasteiger partial charge in [-0.2, -0.15) is 11.3 Å². The smallest absolute Gasteiger partial charge is 0.306 e. The number of carboxylic acids is 1. The van der Waals surface area contributed by atoms with Gasteiger partial charge in [0.2, 0.25) is 5.91 Å². The lowest BCUT2D eigenvalue weighted by atomic mass is 10.0. The first-order valence-corrected chi connectivity index (χ1v) is 8.82. The van der Waals surface area contributed by atoms with Crippen LogP contribution in [0.15, 0.2) is 41.1 Å². The molecular formula is C18H20N2O4S. The average Bonchev–Trinajstić information content (AvgIpc) is 3.11. The van der Waals surface area contributed by atoms with Crippen molar-refractivity contribution in [2.75, 3.05) is 11.9 Å². The fraction of sp³-hybridized carbons (Fsp3) is 0.278. The molecule has 132 valence electrons. The molecule has 1 atom stereocenters. The van der Waals surface area contributed by atoms with Crippen LogP contribution in [0.3, 0.4) is 0 Å². The van der Waals surface area contributed by atoms with Crippen molar-refractivity contribution >= 4 is 34.8 Å². The number of carbonyl (C=O) groups excluding carboxylic acids is 2. The SMILES string of the molecule is CC(Cc1ccc(NC(=O)CCNC(=O)c2ccsc2)cc1)C(=O)O. The highest BCUT2D eigenvalue weighted by Crippen LogP contribution is 2.14. The largest absolute Gasteiger partial charge is 0.481 e. The second-order valence-corrected chi connectivity index (χ2v) is 6.49. The quantitative estimate of drug-likeness (QED) is 0.674. The van der Waals surface area contributed by atoms with Gasteiger partial charge in [-0.15, -0.1) is 0 Å². The maximum Gasteiger partial charge on any atom is 0.306 e. The normalized spacial score (nSPS) is 11.6. The summed E-state index contributed by atoms with van der Waals surface area (Å²) in [6, 6.07) is 8.81. The Kier molecular flexibility index (Phi) is 6.71. The molecule has 0 fully saturated rings. The van der Waals surface area contributed by atoms with Crippen molar-refractivity contribution in [1.29, 1.82) is 0 Å². The summed E-state index contributed by atoms with van der Waals surface area (Å²) in [5.41, 5.74) is 2.13. The molecule has 0 spiro atoms. The summed E-state index contributed by atoms with van der Waals surface area (Å²) >= 11 is 1.44. The predicted octanol–water partition coefficient (Wildman–Crippen LogP) is 2.77. The van der Waals surface area contributed by atoms with Gasteiger partial charge < -0.3 is 15.7 Å². The molecule has 0 bridgehead atoms. The molecule has 2 aromatic rings. The molecule has 6 nitrogen and oxygen atoms in total. The number of nitrogens with one attached hydrogen (secondary N) is 2. The predicted molar refractivity (Wildman–Crippen MR) is 96.8 cm³/mol. The van der Waals surface area contributed by atoms with Gasteiger partial charge in [-0.1, -0.05) is 19.1 Å². The Morgan fingerprint density at radius 1 is 1.16 bits per heavy atom. The highest BCUT2D eigenvalue weighted by atomic mass is 32.1. The van der Waals surface area contributed by atoms with Crippen LogP contribution in [0.5, 0.6) is 0 Å². The standard InChI is InChI=1S/C18H20N2O4S/c1-12(18(23)24)10-13-2-4-15(5-3-13)20-16(21)6-8-19-17(22)14-7-9-25-11-14/h2-5,7,9,11-12H,6,8,10H2,1H3,(H,19,22)(H,20,21)(H,23,24). The van der Waals surface area contributed by atoms with E-state index in [4.69, 9.17) is 5.11 Å². The average molecular weight is 360 g/mol. The first-order valence-electron chi connectivity index (χ1n) is 7.87. The number of aliphatic carboxylic acids is 1. The summed E-state index contributed by atoms with van der Waals surface area (Å²) in [4.78, 5) is 34.5. The number of carbonyl (C=O) groups is 3. The molecule has 0 saturated carbocycles. The molecule has 7 heteroatoms. The molecule has 0 aliphatic carbocycles. The number of hydrogen-bond donors (Lipinski definition) is 3. The summed E-state index contributed by atoms with van der Waals surface area (Å²) < 4.78 is 0. The van der Waals surface area contributed by atoms with Gasteiger partial charge in [-0.3, -0.25) is 14.4 Å². The molecule has 0 saturated heterocycles. The molecule has 1 aromatic heterocycles. The van der Waals surface area contributed by atoms with Crippen LogP contribution in [0.4, 0.5) is 5.69 Å². The van der Waals surface area contributed by atoms with Crippen LogP contribution in [0.25, 0.3) is 0 Å². The number of carboxylic acid groups (broad SMARTS) is 1. The Hall–Kier alpha value is -2.67. The number of benzene rings is 1. The third-order valence-corrected chi connectivity index (χ3v) is 4.31. The maximum absolute atomic E-state index is 11.9. The third kappa shape index (κ3) is 6.04. The highest BCUT2D eigenvalue weighted by Gasteiger charge is 2.11. The van der Waals surface area contributed by atoms with E-state index in [0.29, 0.717) is 17.7 Å². The van der Waals surface area contributed by atoms with Crippen LogP contribution in [0, 0.1) is 5.92 Å². The van der Waals surface area contributed by atoms with Gasteiger partial charge >= 0.3 is 5.97 Å². The summed E-state index contributed by atoms with van der Waals surface area (Å²) in [5, 5.41) is 17.9. The van der Waals surface area contributed by atoms with E-state index in [1.807, 2.05) is 5.38 Å². The van der Waals surface area contributed by atoms with E-state index >= 15 is 0 Å². The van der Waals surface area contributed by atoms with Crippen molar-refractivity contribution < 1.29 is 19.5 Å². The van der Waals surface area contributed by atoms with Crippen molar-refractivity contribution in [3.63, 3.8) is 0 Å². The molecule has 1 unspecified atom stereocenters. The van der Waals surface area contributed by atoms with Crippen molar-refractivity contribution in [2.24, 2.45) is 5.92 Å². The van der Waals surface area contributed by atoms with E-state index in [-0.39, 0.29) is 24.8 Å². The summed E-state index contributed by atoms with van der Waals surface area (Å²) in [7, 11) is 0. The molecule has 0 aliphatic heterocycles. The number of rotatable bonds is 8. The molecule has 25 heavy (non-hydrogen) atoms. The van der Waals surface area contributed by atoms with Crippen LogP contribution in [0.1, 0.15) is 29.3 Å². The zero-order valence-corrected chi connectivity index (χ0v) is 14.6. The van der Waals surface area contributed by atoms with E-state index in [0.717, 1.165) is 5.56 Å². The van der Waals surface area contributed by atoms with Gasteiger partial charge in [0.15, 0.2) is 0 Å². The van der Waals surface area contributed by atoms with Gasteiger partial charge in [0.1, 0.15) is 0 Å². The Balaban J connectivity index is 1.74. The zero-order valence-electron chi connectivity index (χ0n) is 13.8. The van der Waals surface area contributed by atoms with Gasteiger partial charge in [-0.25, -0.2) is 0 Å². The van der Waals surface area contributed by atoms with E-state index in [9.17, 15) is 14.4 Å². The lowest BCUT2D eigenvalue weighted by molar-refractivity contribution is -0.141. The van der Waals surface area contributed by atoms with Crippen LogP contribution >= 0.6 is 11.3 Å². The fourth-order valence-corrected chi connectivity index (χ4v) is 2.81. The zero-order chi connectivity index (χ0) is 18.2. The molecule has 0 aliphatic rings. The Labute approximate surface area is 149 Å². The van der Waals surface area contributed by atoms with Gasteiger partial charge in [0.05, 0.1) is 5.92 Å².